The van der Waals surface area contributed by atoms with Gasteiger partial charge in [-0.05, 0) is 49.9 Å². The van der Waals surface area contributed by atoms with Gasteiger partial charge in [-0.1, -0.05) is 12.1 Å². The number of benzene rings is 1. The molecule has 1 atom stereocenters. The van der Waals surface area contributed by atoms with Gasteiger partial charge < -0.3 is 14.8 Å². The van der Waals surface area contributed by atoms with Crippen LogP contribution in [-0.4, -0.2) is 62.7 Å². The van der Waals surface area contributed by atoms with E-state index in [9.17, 15) is 14.0 Å². The van der Waals surface area contributed by atoms with Crippen LogP contribution in [0.4, 0.5) is 4.39 Å². The molecule has 0 bridgehead atoms. The van der Waals surface area contributed by atoms with Crippen LogP contribution in [0, 0.1) is 11.7 Å². The lowest BCUT2D eigenvalue weighted by Gasteiger charge is -2.37. The molecule has 0 radical (unpaired) electrons. The minimum Gasteiger partial charge on any atom is -0.342 e. The normalized spacial score (nSPS) is 20.0. The topological polar surface area (TPSA) is 82.2 Å². The molecule has 1 unspecified atom stereocenters. The molecule has 3 aromatic rings. The standard InChI is InChI=1S/C24H26FN5O2/c25-19-7-2-1-6-18(19)24(32)30-12-4-5-17(15-30)23(31)29-13-9-16(10-14-29)21-27-20-8-3-11-26-22(20)28-21/h1-3,6-8,11,16-17H,4-5,9-10,12-15H2,(H,26,27,28). The predicted molar refractivity (Wildman–Crippen MR) is 117 cm³/mol. The van der Waals surface area contributed by atoms with Gasteiger partial charge >= 0.3 is 0 Å². The van der Waals surface area contributed by atoms with Crippen LogP contribution in [0.25, 0.3) is 11.2 Å². The number of imidazole rings is 1. The summed E-state index contributed by atoms with van der Waals surface area (Å²) in [6.45, 7) is 2.25. The second-order valence-electron chi connectivity index (χ2n) is 8.67. The summed E-state index contributed by atoms with van der Waals surface area (Å²) in [6.07, 6.45) is 4.93. The first-order chi connectivity index (χ1) is 15.6. The number of aromatic amines is 1. The number of halogens is 1. The highest BCUT2D eigenvalue weighted by Gasteiger charge is 2.34. The highest BCUT2D eigenvalue weighted by molar-refractivity contribution is 5.95. The Morgan fingerprint density at radius 3 is 2.59 bits per heavy atom. The molecule has 2 aromatic heterocycles. The van der Waals surface area contributed by atoms with Gasteiger partial charge in [0.2, 0.25) is 5.91 Å². The Labute approximate surface area is 185 Å². The number of aromatic nitrogens is 3. The quantitative estimate of drug-likeness (QED) is 0.684. The van der Waals surface area contributed by atoms with Gasteiger partial charge in [-0.2, -0.15) is 0 Å². The minimum absolute atomic E-state index is 0.0711. The molecule has 2 aliphatic rings. The molecule has 0 aliphatic carbocycles. The Hall–Kier alpha value is -3.29. The van der Waals surface area contributed by atoms with Gasteiger partial charge in [-0.3, -0.25) is 9.59 Å². The molecule has 8 heteroatoms. The van der Waals surface area contributed by atoms with Crippen LogP contribution in [-0.2, 0) is 4.79 Å². The van der Waals surface area contributed by atoms with Crippen LogP contribution in [0.1, 0.15) is 47.8 Å². The molecular weight excluding hydrogens is 409 g/mol. The number of amides is 2. The molecule has 4 heterocycles. The van der Waals surface area contributed by atoms with E-state index in [-0.39, 0.29) is 29.2 Å². The van der Waals surface area contributed by atoms with Crippen LogP contribution in [0.15, 0.2) is 42.6 Å². The Balaban J connectivity index is 1.20. The van der Waals surface area contributed by atoms with Crippen molar-refractivity contribution in [2.75, 3.05) is 26.2 Å². The zero-order valence-electron chi connectivity index (χ0n) is 17.8. The zero-order chi connectivity index (χ0) is 22.1. The molecule has 32 heavy (non-hydrogen) atoms. The van der Waals surface area contributed by atoms with Crippen molar-refractivity contribution in [2.45, 2.75) is 31.6 Å². The largest absolute Gasteiger partial charge is 0.342 e. The number of hydrogen-bond donors (Lipinski definition) is 1. The third kappa shape index (κ3) is 3.97. The van der Waals surface area contributed by atoms with Gasteiger partial charge in [0.05, 0.1) is 17.0 Å². The van der Waals surface area contributed by atoms with E-state index in [1.54, 1.807) is 23.2 Å². The number of H-pyrrole nitrogens is 1. The lowest BCUT2D eigenvalue weighted by molar-refractivity contribution is -0.138. The van der Waals surface area contributed by atoms with Gasteiger partial charge in [-0.25, -0.2) is 14.4 Å². The number of pyridine rings is 1. The van der Waals surface area contributed by atoms with E-state index in [4.69, 9.17) is 0 Å². The summed E-state index contributed by atoms with van der Waals surface area (Å²) in [7, 11) is 0. The number of nitrogens with zero attached hydrogens (tertiary/aromatic N) is 4. The fraction of sp³-hybridized carbons (Fsp3) is 0.417. The van der Waals surface area contributed by atoms with Crippen LogP contribution in [0.5, 0.6) is 0 Å². The smallest absolute Gasteiger partial charge is 0.256 e. The predicted octanol–water partition coefficient (Wildman–Crippen LogP) is 3.36. The summed E-state index contributed by atoms with van der Waals surface area (Å²) < 4.78 is 14.1. The van der Waals surface area contributed by atoms with E-state index >= 15 is 0 Å². The van der Waals surface area contributed by atoms with Crippen molar-refractivity contribution in [3.63, 3.8) is 0 Å². The molecule has 2 amide bonds. The van der Waals surface area contributed by atoms with Crippen molar-refractivity contribution in [1.29, 1.82) is 0 Å². The van der Waals surface area contributed by atoms with Gasteiger partial charge in [0.15, 0.2) is 5.65 Å². The number of piperidine rings is 2. The zero-order valence-corrected chi connectivity index (χ0v) is 17.8. The SMILES string of the molecule is O=C(c1ccccc1F)N1CCCC(C(=O)N2CCC(c3nc4ncccc4[nH]3)CC2)C1. The molecule has 166 valence electrons. The fourth-order valence-corrected chi connectivity index (χ4v) is 4.86. The van der Waals surface area contributed by atoms with Crippen LogP contribution in [0.3, 0.4) is 0 Å². The van der Waals surface area contributed by atoms with Crippen molar-refractivity contribution >= 4 is 23.0 Å². The molecule has 2 saturated heterocycles. The first-order valence-electron chi connectivity index (χ1n) is 11.2. The Kier molecular flexibility index (Phi) is 5.59. The Morgan fingerprint density at radius 2 is 1.81 bits per heavy atom. The lowest BCUT2D eigenvalue weighted by Crippen LogP contribution is -2.48. The molecule has 0 saturated carbocycles. The summed E-state index contributed by atoms with van der Waals surface area (Å²) >= 11 is 0. The van der Waals surface area contributed by atoms with Crippen LogP contribution >= 0.6 is 0 Å². The van der Waals surface area contributed by atoms with E-state index < -0.39 is 5.82 Å². The summed E-state index contributed by atoms with van der Waals surface area (Å²) in [5, 5.41) is 0. The van der Waals surface area contributed by atoms with Gasteiger partial charge in [0.25, 0.3) is 5.91 Å². The Morgan fingerprint density at radius 1 is 1.00 bits per heavy atom. The lowest BCUT2D eigenvalue weighted by atomic mass is 9.92. The van der Waals surface area contributed by atoms with Crippen molar-refractivity contribution in [3.8, 4) is 0 Å². The summed E-state index contributed by atoms with van der Waals surface area (Å²) in [5.41, 5.74) is 1.73. The van der Waals surface area contributed by atoms with E-state index in [0.717, 1.165) is 42.7 Å². The van der Waals surface area contributed by atoms with Gasteiger partial charge in [-0.15, -0.1) is 0 Å². The number of fused-ring (bicyclic) bond motifs is 1. The van der Waals surface area contributed by atoms with Crippen LogP contribution in [0.2, 0.25) is 0 Å². The summed E-state index contributed by atoms with van der Waals surface area (Å²) in [6, 6.07) is 9.87. The van der Waals surface area contributed by atoms with Crippen LogP contribution < -0.4 is 0 Å². The summed E-state index contributed by atoms with van der Waals surface area (Å²) in [5.74, 6) is 0.225. The molecular formula is C24H26FN5O2. The third-order valence-corrected chi connectivity index (χ3v) is 6.63. The van der Waals surface area contributed by atoms with E-state index in [1.165, 1.54) is 12.1 Å². The number of likely N-dealkylation sites (tertiary alicyclic amines) is 2. The van der Waals surface area contributed by atoms with Crippen molar-refractivity contribution < 1.29 is 14.0 Å². The molecule has 7 nitrogen and oxygen atoms in total. The van der Waals surface area contributed by atoms with Gasteiger partial charge in [0, 0.05) is 38.3 Å². The highest BCUT2D eigenvalue weighted by Crippen LogP contribution is 2.29. The van der Waals surface area contributed by atoms with E-state index in [1.807, 2.05) is 17.0 Å². The minimum atomic E-state index is -0.520. The first kappa shape index (κ1) is 20.6. The molecule has 2 aliphatic heterocycles. The third-order valence-electron chi connectivity index (χ3n) is 6.63. The second kappa shape index (κ2) is 8.68. The monoisotopic (exact) mass is 435 g/mol. The van der Waals surface area contributed by atoms with E-state index in [2.05, 4.69) is 15.0 Å². The first-order valence-corrected chi connectivity index (χ1v) is 11.2. The summed E-state index contributed by atoms with van der Waals surface area (Å²) in [4.78, 5) is 41.8. The molecule has 5 rings (SSSR count). The van der Waals surface area contributed by atoms with E-state index in [0.29, 0.717) is 26.2 Å². The maximum absolute atomic E-state index is 14.1. The molecule has 1 N–H and O–H groups in total. The maximum atomic E-state index is 14.1. The second-order valence-corrected chi connectivity index (χ2v) is 8.67. The molecule has 2 fully saturated rings. The Bertz CT molecular complexity index is 1110. The maximum Gasteiger partial charge on any atom is 0.256 e. The number of rotatable bonds is 3. The average molecular weight is 436 g/mol. The fourth-order valence-electron chi connectivity index (χ4n) is 4.86. The van der Waals surface area contributed by atoms with Gasteiger partial charge in [0.1, 0.15) is 11.6 Å². The highest BCUT2D eigenvalue weighted by atomic mass is 19.1. The number of carbonyl (C=O) groups excluding carboxylic acids is 2. The number of carbonyl (C=O) groups is 2. The average Bonchev–Trinajstić information content (AvgIpc) is 3.28. The van der Waals surface area contributed by atoms with Crippen molar-refractivity contribution in [1.82, 2.24) is 24.8 Å². The van der Waals surface area contributed by atoms with Crippen molar-refractivity contribution in [3.05, 3.63) is 59.8 Å². The molecule has 1 aromatic carbocycles. The van der Waals surface area contributed by atoms with Crippen molar-refractivity contribution in [2.24, 2.45) is 5.92 Å². The number of nitrogens with one attached hydrogen (secondary N) is 1. The molecule has 0 spiro atoms. The number of hydrogen-bond acceptors (Lipinski definition) is 4.